The summed E-state index contributed by atoms with van der Waals surface area (Å²) in [6.07, 6.45) is 3.16. The number of amides is 2. The highest BCUT2D eigenvalue weighted by Crippen LogP contribution is 2.34. The van der Waals surface area contributed by atoms with Gasteiger partial charge in [0.05, 0.1) is 31.7 Å². The first kappa shape index (κ1) is 22.8. The molecule has 0 aliphatic heterocycles. The smallest absolute Gasteiger partial charge is 0.340 e. The number of benzene rings is 1. The van der Waals surface area contributed by atoms with Gasteiger partial charge in [-0.05, 0) is 18.6 Å². The third kappa shape index (κ3) is 5.76. The van der Waals surface area contributed by atoms with E-state index in [4.69, 9.17) is 18.6 Å². The quantitative estimate of drug-likeness (QED) is 0.591. The SMILES string of the molecule is CCCCN(C)C(=O)COC(=O)c1cc(OC)c(OC)cc1NC(=O)c1ccco1. The molecule has 1 aromatic heterocycles. The Morgan fingerprint density at radius 1 is 1.13 bits per heavy atom. The molecule has 0 aliphatic carbocycles. The molecule has 0 saturated heterocycles. The van der Waals surface area contributed by atoms with Gasteiger partial charge in [-0.1, -0.05) is 13.3 Å². The molecular formula is C21H26N2O7. The van der Waals surface area contributed by atoms with Crippen molar-refractivity contribution in [2.24, 2.45) is 0 Å². The van der Waals surface area contributed by atoms with Crippen molar-refractivity contribution < 1.29 is 33.0 Å². The summed E-state index contributed by atoms with van der Waals surface area (Å²) in [5, 5.41) is 2.59. The van der Waals surface area contributed by atoms with Crippen molar-refractivity contribution in [1.29, 1.82) is 0 Å². The van der Waals surface area contributed by atoms with E-state index in [-0.39, 0.29) is 28.7 Å². The lowest BCUT2D eigenvalue weighted by Gasteiger charge is -2.17. The molecule has 0 unspecified atom stereocenters. The first-order valence-corrected chi connectivity index (χ1v) is 9.43. The van der Waals surface area contributed by atoms with Crippen LogP contribution in [0.3, 0.4) is 0 Å². The Morgan fingerprint density at radius 2 is 1.83 bits per heavy atom. The van der Waals surface area contributed by atoms with Crippen LogP contribution in [0.5, 0.6) is 11.5 Å². The predicted octanol–water partition coefficient (Wildman–Crippen LogP) is 2.96. The van der Waals surface area contributed by atoms with Gasteiger partial charge in [0.15, 0.2) is 23.9 Å². The summed E-state index contributed by atoms with van der Waals surface area (Å²) in [5.41, 5.74) is 0.141. The molecule has 0 fully saturated rings. The molecule has 0 spiro atoms. The lowest BCUT2D eigenvalue weighted by molar-refractivity contribution is -0.133. The summed E-state index contributed by atoms with van der Waals surface area (Å²) >= 11 is 0. The van der Waals surface area contributed by atoms with Gasteiger partial charge in [0.25, 0.3) is 11.8 Å². The second-order valence-electron chi connectivity index (χ2n) is 6.43. The van der Waals surface area contributed by atoms with Crippen molar-refractivity contribution in [3.63, 3.8) is 0 Å². The van der Waals surface area contributed by atoms with Crippen LogP contribution in [0.2, 0.25) is 0 Å². The minimum atomic E-state index is -0.789. The maximum absolute atomic E-state index is 12.7. The number of anilines is 1. The zero-order valence-electron chi connectivity index (χ0n) is 17.5. The second-order valence-corrected chi connectivity index (χ2v) is 6.43. The molecule has 0 saturated carbocycles. The van der Waals surface area contributed by atoms with E-state index in [1.165, 1.54) is 43.6 Å². The van der Waals surface area contributed by atoms with Gasteiger partial charge in [-0.2, -0.15) is 0 Å². The molecule has 0 aliphatic rings. The summed E-state index contributed by atoms with van der Waals surface area (Å²) in [5.74, 6) is -1.03. The van der Waals surface area contributed by atoms with Gasteiger partial charge < -0.3 is 28.8 Å². The monoisotopic (exact) mass is 418 g/mol. The van der Waals surface area contributed by atoms with E-state index < -0.39 is 18.5 Å². The highest BCUT2D eigenvalue weighted by Gasteiger charge is 2.22. The van der Waals surface area contributed by atoms with Crippen LogP contribution in [0.25, 0.3) is 0 Å². The molecule has 162 valence electrons. The fraction of sp³-hybridized carbons (Fsp3) is 0.381. The van der Waals surface area contributed by atoms with Crippen molar-refractivity contribution in [3.8, 4) is 11.5 Å². The summed E-state index contributed by atoms with van der Waals surface area (Å²) < 4.78 is 20.7. The third-order valence-corrected chi connectivity index (χ3v) is 4.34. The number of furan rings is 1. The number of hydrogen-bond donors (Lipinski definition) is 1. The molecule has 30 heavy (non-hydrogen) atoms. The Bertz CT molecular complexity index is 878. The third-order valence-electron chi connectivity index (χ3n) is 4.34. The maximum Gasteiger partial charge on any atom is 0.340 e. The normalized spacial score (nSPS) is 10.3. The van der Waals surface area contributed by atoms with Crippen molar-refractivity contribution in [2.75, 3.05) is 39.7 Å². The van der Waals surface area contributed by atoms with Crippen LogP contribution in [0.15, 0.2) is 34.9 Å². The Hall–Kier alpha value is -3.49. The summed E-state index contributed by atoms with van der Waals surface area (Å²) in [4.78, 5) is 38.7. The van der Waals surface area contributed by atoms with E-state index in [0.29, 0.717) is 12.3 Å². The number of esters is 1. The van der Waals surface area contributed by atoms with E-state index in [1.807, 2.05) is 6.92 Å². The van der Waals surface area contributed by atoms with Crippen molar-refractivity contribution in [3.05, 3.63) is 41.9 Å². The van der Waals surface area contributed by atoms with E-state index >= 15 is 0 Å². The molecular weight excluding hydrogens is 392 g/mol. The van der Waals surface area contributed by atoms with Crippen LogP contribution in [-0.4, -0.2) is 57.1 Å². The maximum atomic E-state index is 12.7. The second kappa shape index (κ2) is 10.9. The molecule has 1 N–H and O–H groups in total. The van der Waals surface area contributed by atoms with E-state index in [2.05, 4.69) is 5.32 Å². The van der Waals surface area contributed by atoms with Crippen LogP contribution < -0.4 is 14.8 Å². The van der Waals surface area contributed by atoms with Gasteiger partial charge in [-0.3, -0.25) is 9.59 Å². The largest absolute Gasteiger partial charge is 0.493 e. The zero-order valence-corrected chi connectivity index (χ0v) is 17.5. The average molecular weight is 418 g/mol. The van der Waals surface area contributed by atoms with Crippen molar-refractivity contribution >= 4 is 23.5 Å². The van der Waals surface area contributed by atoms with E-state index in [1.54, 1.807) is 13.1 Å². The molecule has 0 bridgehead atoms. The van der Waals surface area contributed by atoms with Gasteiger partial charge in [0, 0.05) is 25.7 Å². The molecule has 9 heteroatoms. The van der Waals surface area contributed by atoms with Crippen LogP contribution in [0, 0.1) is 0 Å². The van der Waals surface area contributed by atoms with E-state index in [9.17, 15) is 14.4 Å². The Morgan fingerprint density at radius 3 is 2.43 bits per heavy atom. The number of carbonyl (C=O) groups excluding carboxylic acids is 3. The van der Waals surface area contributed by atoms with Gasteiger partial charge in [-0.15, -0.1) is 0 Å². The first-order valence-electron chi connectivity index (χ1n) is 9.43. The molecule has 0 radical (unpaired) electrons. The number of nitrogens with one attached hydrogen (secondary N) is 1. The van der Waals surface area contributed by atoms with Crippen molar-refractivity contribution in [1.82, 2.24) is 4.90 Å². The highest BCUT2D eigenvalue weighted by atomic mass is 16.5. The summed E-state index contributed by atoms with van der Waals surface area (Å²) in [6, 6.07) is 5.87. The molecule has 2 amide bonds. The van der Waals surface area contributed by atoms with Crippen molar-refractivity contribution in [2.45, 2.75) is 19.8 Å². The lowest BCUT2D eigenvalue weighted by Crippen LogP contribution is -2.32. The minimum Gasteiger partial charge on any atom is -0.493 e. The van der Waals surface area contributed by atoms with Crippen LogP contribution in [0.1, 0.15) is 40.7 Å². The number of ether oxygens (including phenoxy) is 3. The zero-order chi connectivity index (χ0) is 22.1. The Labute approximate surface area is 174 Å². The lowest BCUT2D eigenvalue weighted by atomic mass is 10.1. The van der Waals surface area contributed by atoms with Gasteiger partial charge in [-0.25, -0.2) is 4.79 Å². The van der Waals surface area contributed by atoms with Gasteiger partial charge in [0.1, 0.15) is 0 Å². The molecule has 1 aromatic carbocycles. The number of likely N-dealkylation sites (N-methyl/N-ethyl adjacent to an activating group) is 1. The van der Waals surface area contributed by atoms with Crippen LogP contribution in [0.4, 0.5) is 5.69 Å². The van der Waals surface area contributed by atoms with Crippen LogP contribution >= 0.6 is 0 Å². The van der Waals surface area contributed by atoms with E-state index in [0.717, 1.165) is 12.8 Å². The minimum absolute atomic E-state index is 0.0107. The molecule has 9 nitrogen and oxygen atoms in total. The summed E-state index contributed by atoms with van der Waals surface area (Å²) in [6.45, 7) is 2.18. The summed E-state index contributed by atoms with van der Waals surface area (Å²) in [7, 11) is 4.50. The number of carbonyl (C=O) groups is 3. The standard InChI is InChI=1S/C21H26N2O7/c1-5-6-9-23(2)19(24)13-30-21(26)14-11-17(27-3)18(28-4)12-15(14)22-20(25)16-8-7-10-29-16/h7-8,10-12H,5-6,9,13H2,1-4H3,(H,22,25). The molecule has 0 atom stereocenters. The molecule has 1 heterocycles. The number of methoxy groups -OCH3 is 2. The number of unbranched alkanes of at least 4 members (excludes halogenated alkanes) is 1. The fourth-order valence-electron chi connectivity index (χ4n) is 2.58. The van der Waals surface area contributed by atoms with Gasteiger partial charge >= 0.3 is 5.97 Å². The van der Waals surface area contributed by atoms with Crippen LogP contribution in [-0.2, 0) is 9.53 Å². The number of rotatable bonds is 10. The fourth-order valence-corrected chi connectivity index (χ4v) is 2.58. The van der Waals surface area contributed by atoms with Gasteiger partial charge in [0.2, 0.25) is 0 Å². The average Bonchev–Trinajstić information content (AvgIpc) is 3.30. The molecule has 2 aromatic rings. The topological polar surface area (TPSA) is 107 Å². The highest BCUT2D eigenvalue weighted by molar-refractivity contribution is 6.07. The Kier molecular flexibility index (Phi) is 8.28. The Balaban J connectivity index is 2.22. The molecule has 2 rings (SSSR count). The number of nitrogens with zero attached hydrogens (tertiary/aromatic N) is 1. The first-order chi connectivity index (χ1) is 14.4. The number of hydrogen-bond acceptors (Lipinski definition) is 7. The predicted molar refractivity (Wildman–Crippen MR) is 109 cm³/mol.